The van der Waals surface area contributed by atoms with E-state index in [2.05, 4.69) is 14.9 Å². The number of likely N-dealkylation sites (N-methyl/N-ethyl adjacent to an activating group) is 1. The molecule has 2 aliphatic rings. The normalized spacial score (nSPS) is 18.2. The third-order valence-corrected chi connectivity index (χ3v) is 9.87. The SMILES string of the molecule is CN1CCN(S(=O)(=O)c2ccc(NC(=O)COc3ccc(S(=O)(=O)NC4CCCC4)cc3)cc2)CC1. The second kappa shape index (κ2) is 11.3. The summed E-state index contributed by atoms with van der Waals surface area (Å²) in [7, 11) is -5.21. The molecule has 0 aromatic heterocycles. The summed E-state index contributed by atoms with van der Waals surface area (Å²) in [5, 5.41) is 2.67. The van der Waals surface area contributed by atoms with Crippen LogP contribution in [0.4, 0.5) is 5.69 Å². The number of piperazine rings is 1. The van der Waals surface area contributed by atoms with Gasteiger partial charge in [-0.1, -0.05) is 12.8 Å². The summed E-state index contributed by atoms with van der Waals surface area (Å²) in [5.74, 6) is -0.0668. The molecule has 2 aromatic carbocycles. The minimum absolute atomic E-state index is 0.0180. The first-order chi connectivity index (χ1) is 17.1. The summed E-state index contributed by atoms with van der Waals surface area (Å²) in [4.78, 5) is 14.7. The van der Waals surface area contributed by atoms with Gasteiger partial charge in [0, 0.05) is 37.9 Å². The van der Waals surface area contributed by atoms with Gasteiger partial charge in [0.2, 0.25) is 20.0 Å². The van der Waals surface area contributed by atoms with E-state index >= 15 is 0 Å². The molecule has 36 heavy (non-hydrogen) atoms. The molecule has 4 rings (SSSR count). The molecular formula is C24H32N4O6S2. The van der Waals surface area contributed by atoms with Crippen LogP contribution in [0.2, 0.25) is 0 Å². The number of nitrogens with one attached hydrogen (secondary N) is 2. The first-order valence-corrected chi connectivity index (χ1v) is 14.9. The molecule has 1 amide bonds. The van der Waals surface area contributed by atoms with Gasteiger partial charge in [0.05, 0.1) is 9.79 Å². The number of rotatable bonds is 9. The Hall–Kier alpha value is -2.51. The van der Waals surface area contributed by atoms with Crippen molar-refractivity contribution >= 4 is 31.6 Å². The van der Waals surface area contributed by atoms with Gasteiger partial charge in [-0.25, -0.2) is 21.6 Å². The van der Waals surface area contributed by atoms with Crippen molar-refractivity contribution in [3.8, 4) is 5.75 Å². The van der Waals surface area contributed by atoms with E-state index < -0.39 is 26.0 Å². The summed E-state index contributed by atoms with van der Waals surface area (Å²) >= 11 is 0. The predicted octanol–water partition coefficient (Wildman–Crippen LogP) is 1.86. The maximum atomic E-state index is 12.8. The molecule has 0 spiro atoms. The fourth-order valence-electron chi connectivity index (χ4n) is 4.28. The van der Waals surface area contributed by atoms with Crippen molar-refractivity contribution in [2.24, 2.45) is 0 Å². The minimum atomic E-state index is -3.59. The molecule has 1 saturated carbocycles. The number of hydrogen-bond donors (Lipinski definition) is 2. The second-order valence-electron chi connectivity index (χ2n) is 9.14. The first kappa shape index (κ1) is 26.6. The Morgan fingerprint density at radius 2 is 1.47 bits per heavy atom. The van der Waals surface area contributed by atoms with Crippen LogP contribution in [0, 0.1) is 0 Å². The van der Waals surface area contributed by atoms with Crippen molar-refractivity contribution < 1.29 is 26.4 Å². The Morgan fingerprint density at radius 3 is 2.08 bits per heavy atom. The highest BCUT2D eigenvalue weighted by Crippen LogP contribution is 2.22. The van der Waals surface area contributed by atoms with E-state index in [4.69, 9.17) is 4.74 Å². The Morgan fingerprint density at radius 1 is 0.889 bits per heavy atom. The monoisotopic (exact) mass is 536 g/mol. The van der Waals surface area contributed by atoms with Gasteiger partial charge in [-0.3, -0.25) is 4.79 Å². The number of sulfonamides is 2. The van der Waals surface area contributed by atoms with Crippen molar-refractivity contribution in [3.05, 3.63) is 48.5 Å². The van der Waals surface area contributed by atoms with E-state index in [1.54, 1.807) is 0 Å². The zero-order valence-corrected chi connectivity index (χ0v) is 21.9. The molecule has 1 saturated heterocycles. The molecular weight excluding hydrogens is 504 g/mol. The summed E-state index contributed by atoms with van der Waals surface area (Å²) in [6.45, 7) is 1.97. The molecule has 0 bridgehead atoms. The molecule has 2 fully saturated rings. The molecule has 2 aromatic rings. The van der Waals surface area contributed by atoms with Crippen LogP contribution in [0.25, 0.3) is 0 Å². The van der Waals surface area contributed by atoms with Gasteiger partial charge in [0.15, 0.2) is 6.61 Å². The van der Waals surface area contributed by atoms with E-state index in [1.807, 2.05) is 7.05 Å². The smallest absolute Gasteiger partial charge is 0.262 e. The van der Waals surface area contributed by atoms with Crippen LogP contribution < -0.4 is 14.8 Å². The average Bonchev–Trinajstić information content (AvgIpc) is 3.36. The van der Waals surface area contributed by atoms with Gasteiger partial charge in [0.25, 0.3) is 5.91 Å². The topological polar surface area (TPSA) is 125 Å². The largest absolute Gasteiger partial charge is 0.484 e. The highest BCUT2D eigenvalue weighted by Gasteiger charge is 2.27. The highest BCUT2D eigenvalue weighted by molar-refractivity contribution is 7.89. The molecule has 10 nitrogen and oxygen atoms in total. The van der Waals surface area contributed by atoms with E-state index in [9.17, 15) is 21.6 Å². The Kier molecular flexibility index (Phi) is 8.30. The van der Waals surface area contributed by atoms with Crippen LogP contribution in [0.3, 0.4) is 0 Å². The highest BCUT2D eigenvalue weighted by atomic mass is 32.2. The number of hydrogen-bond acceptors (Lipinski definition) is 7. The zero-order valence-electron chi connectivity index (χ0n) is 20.2. The maximum absolute atomic E-state index is 12.8. The lowest BCUT2D eigenvalue weighted by Gasteiger charge is -2.31. The Bertz CT molecular complexity index is 1250. The van der Waals surface area contributed by atoms with Gasteiger partial charge in [-0.05, 0) is 68.4 Å². The van der Waals surface area contributed by atoms with Crippen molar-refractivity contribution in [3.63, 3.8) is 0 Å². The van der Waals surface area contributed by atoms with E-state index in [0.29, 0.717) is 37.6 Å². The third kappa shape index (κ3) is 6.62. The van der Waals surface area contributed by atoms with Gasteiger partial charge < -0.3 is 15.0 Å². The number of amides is 1. The molecule has 2 N–H and O–H groups in total. The number of benzene rings is 2. The summed E-state index contributed by atoms with van der Waals surface area (Å²) in [6.07, 6.45) is 3.76. The lowest BCUT2D eigenvalue weighted by molar-refractivity contribution is -0.118. The summed E-state index contributed by atoms with van der Waals surface area (Å²) in [5.41, 5.74) is 0.445. The quantitative estimate of drug-likeness (QED) is 0.501. The van der Waals surface area contributed by atoms with Crippen molar-refractivity contribution in [2.45, 2.75) is 41.5 Å². The van der Waals surface area contributed by atoms with E-state index in [-0.39, 0.29) is 22.4 Å². The molecule has 1 aliphatic heterocycles. The Balaban J connectivity index is 1.27. The van der Waals surface area contributed by atoms with Crippen LogP contribution in [-0.2, 0) is 24.8 Å². The van der Waals surface area contributed by atoms with Crippen molar-refractivity contribution in [1.82, 2.24) is 13.9 Å². The standard InChI is InChI=1S/C24H32N4O6S2/c1-27-14-16-28(17-15-27)36(32,33)23-10-6-19(7-11-23)25-24(29)18-34-21-8-12-22(13-9-21)35(30,31)26-20-4-2-3-5-20/h6-13,20,26H,2-5,14-18H2,1H3,(H,25,29). The number of carbonyl (C=O) groups excluding carboxylic acids is 1. The van der Waals surface area contributed by atoms with Crippen molar-refractivity contribution in [2.75, 3.05) is 45.2 Å². The van der Waals surface area contributed by atoms with E-state index in [1.165, 1.54) is 52.8 Å². The predicted molar refractivity (Wildman–Crippen MR) is 136 cm³/mol. The van der Waals surface area contributed by atoms with Crippen LogP contribution in [0.5, 0.6) is 5.75 Å². The lowest BCUT2D eigenvalue weighted by atomic mass is 10.3. The van der Waals surface area contributed by atoms with Crippen LogP contribution in [0.1, 0.15) is 25.7 Å². The molecule has 1 aliphatic carbocycles. The zero-order chi connectivity index (χ0) is 25.8. The molecule has 196 valence electrons. The molecule has 12 heteroatoms. The van der Waals surface area contributed by atoms with E-state index in [0.717, 1.165) is 25.7 Å². The minimum Gasteiger partial charge on any atom is -0.484 e. The van der Waals surface area contributed by atoms with Crippen LogP contribution >= 0.6 is 0 Å². The molecule has 1 heterocycles. The maximum Gasteiger partial charge on any atom is 0.262 e. The lowest BCUT2D eigenvalue weighted by Crippen LogP contribution is -2.46. The first-order valence-electron chi connectivity index (χ1n) is 12.0. The Labute approximate surface area is 212 Å². The average molecular weight is 537 g/mol. The number of ether oxygens (including phenoxy) is 1. The van der Waals surface area contributed by atoms with Crippen molar-refractivity contribution in [1.29, 1.82) is 0 Å². The summed E-state index contributed by atoms with van der Waals surface area (Å²) < 4.78 is 60.3. The van der Waals surface area contributed by atoms with Crippen LogP contribution in [0.15, 0.2) is 58.3 Å². The second-order valence-corrected chi connectivity index (χ2v) is 12.8. The van der Waals surface area contributed by atoms with Gasteiger partial charge >= 0.3 is 0 Å². The number of nitrogens with zero attached hydrogens (tertiary/aromatic N) is 2. The number of carbonyl (C=O) groups is 1. The third-order valence-electron chi connectivity index (χ3n) is 6.42. The number of anilines is 1. The van der Waals surface area contributed by atoms with Gasteiger partial charge in [0.1, 0.15) is 5.75 Å². The summed E-state index contributed by atoms with van der Waals surface area (Å²) in [6, 6.07) is 11.9. The molecule has 0 atom stereocenters. The van der Waals surface area contributed by atoms with Crippen LogP contribution in [-0.4, -0.2) is 77.8 Å². The van der Waals surface area contributed by atoms with Gasteiger partial charge in [-0.2, -0.15) is 4.31 Å². The molecule has 0 radical (unpaired) electrons. The molecule has 0 unspecified atom stereocenters. The fourth-order valence-corrected chi connectivity index (χ4v) is 7.01. The fraction of sp³-hybridized carbons (Fsp3) is 0.458. The van der Waals surface area contributed by atoms with Gasteiger partial charge in [-0.15, -0.1) is 0 Å².